The normalized spacial score (nSPS) is 19.3. The Labute approximate surface area is 88.8 Å². The van der Waals surface area contributed by atoms with Crippen molar-refractivity contribution in [3.63, 3.8) is 0 Å². The first-order valence-corrected chi connectivity index (χ1v) is 6.27. The van der Waals surface area contributed by atoms with Gasteiger partial charge in [0.2, 0.25) is 0 Å². The molecule has 0 aromatic rings. The smallest absolute Gasteiger partial charge is 0.00792 e. The summed E-state index contributed by atoms with van der Waals surface area (Å²) in [6.45, 7) is 7.92. The monoisotopic (exact) mass is 198 g/mol. The third-order valence-electron chi connectivity index (χ3n) is 3.36. The van der Waals surface area contributed by atoms with E-state index in [2.05, 4.69) is 24.5 Å². The Hall–Kier alpha value is -0.0800. The molecule has 0 amide bonds. The van der Waals surface area contributed by atoms with Crippen LogP contribution in [0.5, 0.6) is 0 Å². The molecule has 14 heavy (non-hydrogen) atoms. The van der Waals surface area contributed by atoms with Crippen LogP contribution in [0.4, 0.5) is 0 Å². The van der Waals surface area contributed by atoms with E-state index in [1.165, 1.54) is 38.6 Å². The number of nitrogens with one attached hydrogen (secondary N) is 2. The van der Waals surface area contributed by atoms with Crippen molar-refractivity contribution in [1.29, 1.82) is 0 Å². The average Bonchev–Trinajstić information content (AvgIpc) is 2.13. The van der Waals surface area contributed by atoms with Crippen LogP contribution in [0.2, 0.25) is 0 Å². The maximum atomic E-state index is 3.50. The fourth-order valence-corrected chi connectivity index (χ4v) is 1.76. The predicted molar refractivity (Wildman–Crippen MR) is 62.6 cm³/mol. The Morgan fingerprint density at radius 1 is 1.21 bits per heavy atom. The van der Waals surface area contributed by atoms with Crippen molar-refractivity contribution in [2.24, 2.45) is 5.92 Å². The third-order valence-corrected chi connectivity index (χ3v) is 3.36. The summed E-state index contributed by atoms with van der Waals surface area (Å²) in [6.07, 6.45) is 7.05. The number of hydrogen-bond donors (Lipinski definition) is 2. The lowest BCUT2D eigenvalue weighted by atomic mass is 9.83. The van der Waals surface area contributed by atoms with Gasteiger partial charge in [0.15, 0.2) is 0 Å². The van der Waals surface area contributed by atoms with Crippen LogP contribution in [0.1, 0.15) is 46.0 Å². The molecule has 2 nitrogen and oxygen atoms in total. The molecule has 1 aliphatic carbocycles. The van der Waals surface area contributed by atoms with Gasteiger partial charge in [0.05, 0.1) is 0 Å². The lowest BCUT2D eigenvalue weighted by Gasteiger charge is -2.25. The minimum absolute atomic E-state index is 0.670. The number of rotatable bonds is 8. The second-order valence-corrected chi connectivity index (χ2v) is 4.60. The molecule has 0 aromatic carbocycles. The Bertz CT molecular complexity index is 124. The van der Waals surface area contributed by atoms with Crippen molar-refractivity contribution in [2.75, 3.05) is 19.6 Å². The Morgan fingerprint density at radius 2 is 2.00 bits per heavy atom. The highest BCUT2D eigenvalue weighted by Crippen LogP contribution is 2.28. The summed E-state index contributed by atoms with van der Waals surface area (Å²) in [4.78, 5) is 0. The van der Waals surface area contributed by atoms with Crippen LogP contribution >= 0.6 is 0 Å². The van der Waals surface area contributed by atoms with E-state index < -0.39 is 0 Å². The van der Waals surface area contributed by atoms with Crippen LogP contribution in [0.3, 0.4) is 0 Å². The van der Waals surface area contributed by atoms with Crippen LogP contribution < -0.4 is 10.6 Å². The molecule has 0 aromatic heterocycles. The van der Waals surface area contributed by atoms with Crippen LogP contribution in [0, 0.1) is 5.92 Å². The molecule has 0 aliphatic heterocycles. The molecule has 1 saturated carbocycles. The molecule has 0 spiro atoms. The Morgan fingerprint density at radius 3 is 2.57 bits per heavy atom. The molecule has 1 unspecified atom stereocenters. The van der Waals surface area contributed by atoms with Crippen molar-refractivity contribution < 1.29 is 0 Å². The maximum absolute atomic E-state index is 3.50. The van der Waals surface area contributed by atoms with Gasteiger partial charge in [-0.25, -0.2) is 0 Å². The third kappa shape index (κ3) is 4.97. The zero-order chi connectivity index (χ0) is 10.2. The van der Waals surface area contributed by atoms with Crippen molar-refractivity contribution >= 4 is 0 Å². The first kappa shape index (κ1) is 12.0. The highest BCUT2D eigenvalue weighted by molar-refractivity contribution is 4.70. The standard InChI is InChI=1S/C12H26N2/c1-3-11(2)14-10-9-13-8-7-12-5-4-6-12/h11-14H,3-10H2,1-2H3. The second kappa shape index (κ2) is 7.24. The van der Waals surface area contributed by atoms with E-state index in [1.807, 2.05) is 0 Å². The van der Waals surface area contributed by atoms with Gasteiger partial charge in [-0.3, -0.25) is 0 Å². The van der Waals surface area contributed by atoms with E-state index in [-0.39, 0.29) is 0 Å². The molecule has 0 bridgehead atoms. The van der Waals surface area contributed by atoms with E-state index in [1.54, 1.807) is 0 Å². The summed E-state index contributed by atoms with van der Waals surface area (Å²) in [7, 11) is 0. The lowest BCUT2D eigenvalue weighted by Crippen LogP contribution is -2.33. The fraction of sp³-hybridized carbons (Fsp3) is 1.00. The molecule has 0 radical (unpaired) electrons. The molecule has 1 aliphatic rings. The topological polar surface area (TPSA) is 24.1 Å². The Balaban J connectivity index is 1.75. The molecule has 1 rings (SSSR count). The number of hydrogen-bond acceptors (Lipinski definition) is 2. The molecule has 0 heterocycles. The summed E-state index contributed by atoms with van der Waals surface area (Å²) in [5, 5.41) is 6.99. The van der Waals surface area contributed by atoms with Crippen LogP contribution in [0.15, 0.2) is 0 Å². The maximum Gasteiger partial charge on any atom is 0.00792 e. The van der Waals surface area contributed by atoms with E-state index in [4.69, 9.17) is 0 Å². The van der Waals surface area contributed by atoms with Crippen molar-refractivity contribution in [3.8, 4) is 0 Å². The summed E-state index contributed by atoms with van der Waals surface area (Å²) in [5.41, 5.74) is 0. The fourth-order valence-electron chi connectivity index (χ4n) is 1.76. The Kier molecular flexibility index (Phi) is 6.20. The van der Waals surface area contributed by atoms with Crippen LogP contribution in [-0.4, -0.2) is 25.7 Å². The first-order valence-electron chi connectivity index (χ1n) is 6.27. The lowest BCUT2D eigenvalue weighted by molar-refractivity contribution is 0.292. The molecular formula is C12H26N2. The van der Waals surface area contributed by atoms with Gasteiger partial charge in [0.25, 0.3) is 0 Å². The largest absolute Gasteiger partial charge is 0.315 e. The van der Waals surface area contributed by atoms with Gasteiger partial charge in [-0.2, -0.15) is 0 Å². The quantitative estimate of drug-likeness (QED) is 0.584. The van der Waals surface area contributed by atoms with Gasteiger partial charge >= 0.3 is 0 Å². The van der Waals surface area contributed by atoms with Gasteiger partial charge in [-0.05, 0) is 32.2 Å². The molecule has 1 fully saturated rings. The van der Waals surface area contributed by atoms with E-state index in [0.717, 1.165) is 19.0 Å². The zero-order valence-corrected chi connectivity index (χ0v) is 9.81. The molecule has 2 heteroatoms. The summed E-state index contributed by atoms with van der Waals surface area (Å²) < 4.78 is 0. The van der Waals surface area contributed by atoms with Gasteiger partial charge < -0.3 is 10.6 Å². The van der Waals surface area contributed by atoms with Crippen molar-refractivity contribution in [1.82, 2.24) is 10.6 Å². The van der Waals surface area contributed by atoms with Gasteiger partial charge in [-0.1, -0.05) is 26.2 Å². The van der Waals surface area contributed by atoms with Crippen molar-refractivity contribution in [2.45, 2.75) is 52.0 Å². The minimum atomic E-state index is 0.670. The highest BCUT2D eigenvalue weighted by Gasteiger charge is 2.15. The van der Waals surface area contributed by atoms with Gasteiger partial charge in [0, 0.05) is 19.1 Å². The summed E-state index contributed by atoms with van der Waals surface area (Å²) >= 11 is 0. The molecule has 1 atom stereocenters. The molecule has 84 valence electrons. The van der Waals surface area contributed by atoms with E-state index >= 15 is 0 Å². The molecule has 2 N–H and O–H groups in total. The van der Waals surface area contributed by atoms with E-state index in [9.17, 15) is 0 Å². The zero-order valence-electron chi connectivity index (χ0n) is 9.81. The molecular weight excluding hydrogens is 172 g/mol. The highest BCUT2D eigenvalue weighted by atomic mass is 15.0. The minimum Gasteiger partial charge on any atom is -0.315 e. The van der Waals surface area contributed by atoms with Crippen LogP contribution in [-0.2, 0) is 0 Å². The second-order valence-electron chi connectivity index (χ2n) is 4.60. The van der Waals surface area contributed by atoms with Crippen LogP contribution in [0.25, 0.3) is 0 Å². The summed E-state index contributed by atoms with van der Waals surface area (Å²) in [6, 6.07) is 0.670. The summed E-state index contributed by atoms with van der Waals surface area (Å²) in [5.74, 6) is 1.05. The van der Waals surface area contributed by atoms with Gasteiger partial charge in [0.1, 0.15) is 0 Å². The predicted octanol–water partition coefficient (Wildman–Crippen LogP) is 2.15. The average molecular weight is 198 g/mol. The van der Waals surface area contributed by atoms with Crippen molar-refractivity contribution in [3.05, 3.63) is 0 Å². The molecule has 0 saturated heterocycles. The first-order chi connectivity index (χ1) is 6.83. The van der Waals surface area contributed by atoms with E-state index in [0.29, 0.717) is 6.04 Å². The van der Waals surface area contributed by atoms with Gasteiger partial charge in [-0.15, -0.1) is 0 Å². The SMILES string of the molecule is CCC(C)NCCNCCC1CCC1.